The molecule has 198 valence electrons. The summed E-state index contributed by atoms with van der Waals surface area (Å²) in [6.07, 6.45) is 22.6. The lowest BCUT2D eigenvalue weighted by Crippen LogP contribution is -2.47. The van der Waals surface area contributed by atoms with E-state index < -0.39 is 0 Å². The number of fused-ring (bicyclic) bond motifs is 1. The highest BCUT2D eigenvalue weighted by Crippen LogP contribution is 2.65. The predicted molar refractivity (Wildman–Crippen MR) is 155 cm³/mol. The number of hydrogen-bond acceptors (Lipinski definition) is 1. The lowest BCUT2D eigenvalue weighted by Gasteiger charge is -2.54. The second-order valence-electron chi connectivity index (χ2n) is 14.0. The van der Waals surface area contributed by atoms with E-state index in [2.05, 4.69) is 66.0 Å². The molecular weight excluding hydrogens is 428 g/mol. The Bertz CT molecular complexity index is 610. The Morgan fingerprint density at radius 1 is 0.941 bits per heavy atom. The Labute approximate surface area is 219 Å². The molecule has 6 unspecified atom stereocenters. The molecule has 0 heterocycles. The van der Waals surface area contributed by atoms with Gasteiger partial charge in [0, 0.05) is 0 Å². The quantitative estimate of drug-likeness (QED) is 0.149. The molecule has 34 heavy (non-hydrogen) atoms. The van der Waals surface area contributed by atoms with Gasteiger partial charge < -0.3 is 0 Å². The van der Waals surface area contributed by atoms with Crippen LogP contribution >= 0.6 is 11.8 Å². The molecule has 3 saturated carbocycles. The van der Waals surface area contributed by atoms with Crippen molar-refractivity contribution >= 4 is 11.8 Å². The summed E-state index contributed by atoms with van der Waals surface area (Å²) in [4.78, 5) is 0. The predicted octanol–water partition coefficient (Wildman–Crippen LogP) is 10.8. The van der Waals surface area contributed by atoms with Crippen LogP contribution in [0, 0.1) is 52.3 Å². The zero-order valence-electron chi connectivity index (χ0n) is 24.0. The standard InChI is InChI=1S/C33H60S/c1-8-12-28-30(32(6)20-11-15-27(18-21-32)24-34-23-9-2)19-22-33(7)29(16-17-31(28)33)26(5)14-10-13-25(3)4/h8,25-31H,1,9-24H2,2-7H3/t26?,27?,28?,29?,30?,31-,32?,33+/m1/s1. The van der Waals surface area contributed by atoms with Gasteiger partial charge >= 0.3 is 0 Å². The first kappa shape index (κ1) is 28.7. The average Bonchev–Trinajstić information content (AvgIpc) is 3.03. The topological polar surface area (TPSA) is 0 Å². The Hall–Kier alpha value is 0.0900. The fourth-order valence-electron chi connectivity index (χ4n) is 9.23. The van der Waals surface area contributed by atoms with Gasteiger partial charge in [-0.05, 0) is 128 Å². The van der Waals surface area contributed by atoms with Gasteiger partial charge in [-0.15, -0.1) is 6.58 Å². The third-order valence-corrected chi connectivity index (χ3v) is 12.6. The molecule has 3 aliphatic carbocycles. The minimum absolute atomic E-state index is 0.570. The van der Waals surface area contributed by atoms with Crippen LogP contribution in [0.1, 0.15) is 131 Å². The first-order valence-electron chi connectivity index (χ1n) is 15.4. The highest BCUT2D eigenvalue weighted by Gasteiger charge is 2.56. The van der Waals surface area contributed by atoms with Crippen molar-refractivity contribution in [3.63, 3.8) is 0 Å². The van der Waals surface area contributed by atoms with Crippen molar-refractivity contribution in [3.8, 4) is 0 Å². The molecule has 0 amide bonds. The van der Waals surface area contributed by atoms with Crippen LogP contribution in [0.4, 0.5) is 0 Å². The van der Waals surface area contributed by atoms with E-state index in [4.69, 9.17) is 0 Å². The van der Waals surface area contributed by atoms with Gasteiger partial charge in [-0.25, -0.2) is 0 Å². The lowest BCUT2D eigenvalue weighted by atomic mass is 9.50. The second kappa shape index (κ2) is 13.1. The SMILES string of the molecule is C=CCC1C(C2(C)CCCC(CSCCC)CC2)CC[C@@]2(C)C(C(C)CCCC(C)C)CC[C@H]12. The highest BCUT2D eigenvalue weighted by atomic mass is 32.2. The van der Waals surface area contributed by atoms with Crippen molar-refractivity contribution in [2.24, 2.45) is 52.3 Å². The molecule has 0 N–H and O–H groups in total. The van der Waals surface area contributed by atoms with Gasteiger partial charge in [-0.3, -0.25) is 0 Å². The summed E-state index contributed by atoms with van der Waals surface area (Å²) < 4.78 is 0. The van der Waals surface area contributed by atoms with Crippen LogP contribution in [-0.2, 0) is 0 Å². The molecule has 0 aromatic carbocycles. The van der Waals surface area contributed by atoms with Crippen molar-refractivity contribution < 1.29 is 0 Å². The minimum Gasteiger partial charge on any atom is -0.162 e. The summed E-state index contributed by atoms with van der Waals surface area (Å²) in [6.45, 7) is 19.4. The summed E-state index contributed by atoms with van der Waals surface area (Å²) in [5.41, 5.74) is 1.15. The number of rotatable bonds is 12. The zero-order chi connectivity index (χ0) is 24.8. The largest absolute Gasteiger partial charge is 0.162 e. The maximum Gasteiger partial charge on any atom is -0.00391 e. The monoisotopic (exact) mass is 488 g/mol. The van der Waals surface area contributed by atoms with E-state index in [1.165, 1.54) is 101 Å². The summed E-state index contributed by atoms with van der Waals surface area (Å²) in [7, 11) is 0. The summed E-state index contributed by atoms with van der Waals surface area (Å²) in [6, 6.07) is 0. The van der Waals surface area contributed by atoms with Crippen molar-refractivity contribution in [1.29, 1.82) is 0 Å². The van der Waals surface area contributed by atoms with E-state index in [0.717, 1.165) is 41.4 Å². The van der Waals surface area contributed by atoms with E-state index >= 15 is 0 Å². The molecular formula is C33H60S. The third-order valence-electron chi connectivity index (χ3n) is 11.2. The summed E-state index contributed by atoms with van der Waals surface area (Å²) in [5.74, 6) is 9.24. The molecule has 3 fully saturated rings. The third kappa shape index (κ3) is 6.69. The first-order valence-corrected chi connectivity index (χ1v) is 16.6. The summed E-state index contributed by atoms with van der Waals surface area (Å²) >= 11 is 2.22. The Kier molecular flexibility index (Phi) is 11.0. The molecule has 0 radical (unpaired) electrons. The van der Waals surface area contributed by atoms with Crippen LogP contribution in [0.15, 0.2) is 12.7 Å². The van der Waals surface area contributed by atoms with Crippen molar-refractivity contribution in [3.05, 3.63) is 12.7 Å². The van der Waals surface area contributed by atoms with E-state index in [1.54, 1.807) is 0 Å². The Morgan fingerprint density at radius 2 is 1.74 bits per heavy atom. The molecule has 0 aliphatic heterocycles. The van der Waals surface area contributed by atoms with Crippen molar-refractivity contribution in [2.45, 2.75) is 131 Å². The molecule has 0 bridgehead atoms. The van der Waals surface area contributed by atoms with Crippen LogP contribution in [0.2, 0.25) is 0 Å². The molecule has 0 aromatic rings. The normalized spacial score (nSPS) is 39.6. The van der Waals surface area contributed by atoms with Crippen LogP contribution < -0.4 is 0 Å². The van der Waals surface area contributed by atoms with Gasteiger partial charge in [-0.1, -0.05) is 73.3 Å². The fourth-order valence-corrected chi connectivity index (χ4v) is 10.4. The molecule has 0 saturated heterocycles. The van der Waals surface area contributed by atoms with E-state index in [1.807, 2.05) is 0 Å². The van der Waals surface area contributed by atoms with Gasteiger partial charge in [0.1, 0.15) is 0 Å². The molecule has 0 spiro atoms. The first-order chi connectivity index (χ1) is 16.2. The molecule has 0 nitrogen and oxygen atoms in total. The van der Waals surface area contributed by atoms with E-state index in [-0.39, 0.29) is 0 Å². The maximum atomic E-state index is 4.27. The number of thioether (sulfide) groups is 1. The highest BCUT2D eigenvalue weighted by molar-refractivity contribution is 7.99. The molecule has 3 rings (SSSR count). The molecule has 3 aliphatic rings. The molecule has 8 atom stereocenters. The van der Waals surface area contributed by atoms with Gasteiger partial charge in [0.05, 0.1) is 0 Å². The van der Waals surface area contributed by atoms with Crippen LogP contribution in [-0.4, -0.2) is 11.5 Å². The van der Waals surface area contributed by atoms with Crippen LogP contribution in [0.3, 0.4) is 0 Å². The van der Waals surface area contributed by atoms with Crippen molar-refractivity contribution in [2.75, 3.05) is 11.5 Å². The number of hydrogen-bond donors (Lipinski definition) is 0. The smallest absolute Gasteiger partial charge is 0.00391 e. The Morgan fingerprint density at radius 3 is 2.44 bits per heavy atom. The second-order valence-corrected chi connectivity index (χ2v) is 15.1. The van der Waals surface area contributed by atoms with E-state index in [9.17, 15) is 0 Å². The van der Waals surface area contributed by atoms with Gasteiger partial charge in [0.25, 0.3) is 0 Å². The number of allylic oxidation sites excluding steroid dienone is 1. The van der Waals surface area contributed by atoms with Gasteiger partial charge in [0.15, 0.2) is 0 Å². The van der Waals surface area contributed by atoms with Crippen LogP contribution in [0.25, 0.3) is 0 Å². The molecule has 0 aromatic heterocycles. The van der Waals surface area contributed by atoms with Gasteiger partial charge in [-0.2, -0.15) is 11.8 Å². The van der Waals surface area contributed by atoms with Crippen LogP contribution in [0.5, 0.6) is 0 Å². The lowest BCUT2D eigenvalue weighted by molar-refractivity contribution is -0.0523. The van der Waals surface area contributed by atoms with E-state index in [0.29, 0.717) is 10.8 Å². The van der Waals surface area contributed by atoms with Gasteiger partial charge in [0.2, 0.25) is 0 Å². The molecule has 1 heteroatoms. The average molecular weight is 489 g/mol. The zero-order valence-corrected chi connectivity index (χ0v) is 24.9. The minimum atomic E-state index is 0.570. The fraction of sp³-hybridized carbons (Fsp3) is 0.939. The van der Waals surface area contributed by atoms with Crippen molar-refractivity contribution in [1.82, 2.24) is 0 Å². The summed E-state index contributed by atoms with van der Waals surface area (Å²) in [5, 5.41) is 0. The Balaban J connectivity index is 1.68. The maximum absolute atomic E-state index is 4.27.